The Balaban J connectivity index is 0.00000176. The summed E-state index contributed by atoms with van der Waals surface area (Å²) in [5.41, 5.74) is 6.94. The summed E-state index contributed by atoms with van der Waals surface area (Å²) in [6.45, 7) is 3.43. The van der Waals surface area contributed by atoms with Gasteiger partial charge in [0, 0.05) is 25.2 Å². The lowest BCUT2D eigenvalue weighted by atomic mass is 9.92. The minimum atomic E-state index is -0.0635. The minimum absolute atomic E-state index is 0. The maximum absolute atomic E-state index is 12.6. The minimum Gasteiger partial charge on any atom is -0.463 e. The number of hydrogen-bond acceptors (Lipinski definition) is 4. The number of carbonyl (C=O) groups excluding carboxylic acids is 1. The molecule has 7 heteroatoms. The summed E-state index contributed by atoms with van der Waals surface area (Å²) >= 11 is 0. The van der Waals surface area contributed by atoms with E-state index in [-0.39, 0.29) is 24.4 Å². The fourth-order valence-corrected chi connectivity index (χ4v) is 2.88. The van der Waals surface area contributed by atoms with Crippen molar-refractivity contribution in [3.8, 4) is 11.5 Å². The van der Waals surface area contributed by atoms with Crippen molar-refractivity contribution in [1.82, 2.24) is 15.1 Å². The Morgan fingerprint density at radius 2 is 2.41 bits per heavy atom. The molecule has 2 atom stereocenters. The summed E-state index contributed by atoms with van der Waals surface area (Å²) in [5, 5.41) is 6.97. The molecule has 3 rings (SSSR count). The third-order valence-corrected chi connectivity index (χ3v) is 4.09. The maximum Gasteiger partial charge on any atom is 0.274 e. The summed E-state index contributed by atoms with van der Waals surface area (Å²) in [6.07, 6.45) is 3.56. The molecule has 2 aromatic heterocycles. The van der Waals surface area contributed by atoms with Crippen LogP contribution >= 0.6 is 12.4 Å². The molecule has 2 unspecified atom stereocenters. The van der Waals surface area contributed by atoms with Gasteiger partial charge < -0.3 is 15.1 Å². The van der Waals surface area contributed by atoms with Crippen LogP contribution < -0.4 is 5.73 Å². The SMILES string of the molecule is CC1CCN(C(=O)c2cc(-c3ccco3)[nH]n2)C(CN)C1.Cl. The Morgan fingerprint density at radius 1 is 1.59 bits per heavy atom. The van der Waals surface area contributed by atoms with Gasteiger partial charge in [-0.1, -0.05) is 6.92 Å². The van der Waals surface area contributed by atoms with Gasteiger partial charge in [-0.25, -0.2) is 0 Å². The van der Waals surface area contributed by atoms with Crippen LogP contribution in [0.2, 0.25) is 0 Å². The molecule has 2 aromatic rings. The first-order chi connectivity index (χ1) is 10.2. The third kappa shape index (κ3) is 3.18. The molecule has 0 radical (unpaired) electrons. The zero-order valence-electron chi connectivity index (χ0n) is 12.5. The molecule has 3 heterocycles. The molecule has 1 fully saturated rings. The third-order valence-electron chi connectivity index (χ3n) is 4.09. The van der Waals surface area contributed by atoms with Crippen molar-refractivity contribution in [2.75, 3.05) is 13.1 Å². The van der Waals surface area contributed by atoms with Crippen molar-refractivity contribution in [3.05, 3.63) is 30.2 Å². The van der Waals surface area contributed by atoms with Gasteiger partial charge in [-0.15, -0.1) is 12.4 Å². The number of carbonyl (C=O) groups is 1. The Morgan fingerprint density at radius 3 is 3.09 bits per heavy atom. The van der Waals surface area contributed by atoms with Crippen LogP contribution in [-0.4, -0.2) is 40.1 Å². The predicted molar refractivity (Wildman–Crippen MR) is 85.8 cm³/mol. The molecule has 3 N–H and O–H groups in total. The van der Waals surface area contributed by atoms with Crippen molar-refractivity contribution in [2.24, 2.45) is 11.7 Å². The second-order valence-electron chi connectivity index (χ2n) is 5.66. The molecule has 0 bridgehead atoms. The monoisotopic (exact) mass is 324 g/mol. The number of nitrogens with two attached hydrogens (primary N) is 1. The first-order valence-electron chi connectivity index (χ1n) is 7.29. The standard InChI is InChI=1S/C15H20N4O2.ClH/c1-10-4-5-19(11(7-10)9-16)15(20)13-8-12(17-18-13)14-3-2-6-21-14;/h2-3,6,8,10-11H,4-5,7,9,16H2,1H3,(H,17,18);1H. The van der Waals surface area contributed by atoms with Crippen LogP contribution in [-0.2, 0) is 0 Å². The van der Waals surface area contributed by atoms with E-state index in [1.165, 1.54) is 0 Å². The van der Waals surface area contributed by atoms with Gasteiger partial charge in [0.15, 0.2) is 11.5 Å². The van der Waals surface area contributed by atoms with E-state index in [0.717, 1.165) is 19.4 Å². The summed E-state index contributed by atoms with van der Waals surface area (Å²) in [6, 6.07) is 5.46. The number of piperidine rings is 1. The van der Waals surface area contributed by atoms with Gasteiger partial charge >= 0.3 is 0 Å². The van der Waals surface area contributed by atoms with Gasteiger partial charge in [0.05, 0.1) is 6.26 Å². The van der Waals surface area contributed by atoms with Gasteiger partial charge in [0.25, 0.3) is 5.91 Å². The zero-order chi connectivity index (χ0) is 14.8. The lowest BCUT2D eigenvalue weighted by Gasteiger charge is -2.37. The Kier molecular flexibility index (Phi) is 5.26. The van der Waals surface area contributed by atoms with Crippen LogP contribution in [0, 0.1) is 5.92 Å². The Hall–Kier alpha value is -1.79. The molecule has 1 saturated heterocycles. The molecule has 0 saturated carbocycles. The molecule has 0 aromatic carbocycles. The molecule has 1 aliphatic rings. The lowest BCUT2D eigenvalue weighted by molar-refractivity contribution is 0.0567. The van der Waals surface area contributed by atoms with Gasteiger partial charge in [0.2, 0.25) is 0 Å². The molecule has 1 aliphatic heterocycles. The largest absolute Gasteiger partial charge is 0.463 e. The Labute approximate surface area is 135 Å². The van der Waals surface area contributed by atoms with E-state index in [1.807, 2.05) is 11.0 Å². The quantitative estimate of drug-likeness (QED) is 0.906. The number of hydrogen-bond donors (Lipinski definition) is 2. The number of nitrogens with one attached hydrogen (secondary N) is 1. The molecule has 22 heavy (non-hydrogen) atoms. The second-order valence-corrected chi connectivity index (χ2v) is 5.66. The highest BCUT2D eigenvalue weighted by Gasteiger charge is 2.30. The van der Waals surface area contributed by atoms with E-state index >= 15 is 0 Å². The van der Waals surface area contributed by atoms with E-state index in [4.69, 9.17) is 10.2 Å². The van der Waals surface area contributed by atoms with Crippen LogP contribution in [0.15, 0.2) is 28.9 Å². The highest BCUT2D eigenvalue weighted by atomic mass is 35.5. The fraction of sp³-hybridized carbons (Fsp3) is 0.467. The smallest absolute Gasteiger partial charge is 0.274 e. The number of nitrogens with zero attached hydrogens (tertiary/aromatic N) is 2. The van der Waals surface area contributed by atoms with E-state index in [0.29, 0.717) is 29.6 Å². The van der Waals surface area contributed by atoms with Gasteiger partial charge in [-0.3, -0.25) is 9.89 Å². The van der Waals surface area contributed by atoms with Crippen LogP contribution in [0.5, 0.6) is 0 Å². The number of halogens is 1. The van der Waals surface area contributed by atoms with Gasteiger partial charge in [-0.05, 0) is 30.9 Å². The molecule has 1 amide bonds. The average Bonchev–Trinajstić information content (AvgIpc) is 3.17. The van der Waals surface area contributed by atoms with E-state index in [1.54, 1.807) is 18.4 Å². The topological polar surface area (TPSA) is 88.2 Å². The number of amides is 1. The number of likely N-dealkylation sites (tertiary alicyclic amines) is 1. The highest BCUT2D eigenvalue weighted by molar-refractivity contribution is 5.93. The normalized spacial score (nSPS) is 21.5. The van der Waals surface area contributed by atoms with Crippen LogP contribution in [0.3, 0.4) is 0 Å². The number of H-pyrrole nitrogens is 1. The van der Waals surface area contributed by atoms with Crippen LogP contribution in [0.1, 0.15) is 30.3 Å². The van der Waals surface area contributed by atoms with Crippen molar-refractivity contribution >= 4 is 18.3 Å². The van der Waals surface area contributed by atoms with Crippen LogP contribution in [0.4, 0.5) is 0 Å². The number of furan rings is 1. The van der Waals surface area contributed by atoms with Gasteiger partial charge in [-0.2, -0.15) is 5.10 Å². The number of aromatic amines is 1. The van der Waals surface area contributed by atoms with Crippen LogP contribution in [0.25, 0.3) is 11.5 Å². The number of rotatable bonds is 3. The van der Waals surface area contributed by atoms with Crippen molar-refractivity contribution in [3.63, 3.8) is 0 Å². The van der Waals surface area contributed by atoms with E-state index < -0.39 is 0 Å². The molecule has 0 spiro atoms. The summed E-state index contributed by atoms with van der Waals surface area (Å²) in [7, 11) is 0. The van der Waals surface area contributed by atoms with Crippen molar-refractivity contribution in [2.45, 2.75) is 25.8 Å². The maximum atomic E-state index is 12.6. The van der Waals surface area contributed by atoms with Crippen molar-refractivity contribution in [1.29, 1.82) is 0 Å². The summed E-state index contributed by atoms with van der Waals surface area (Å²) < 4.78 is 5.30. The van der Waals surface area contributed by atoms with Crippen molar-refractivity contribution < 1.29 is 9.21 Å². The summed E-state index contributed by atoms with van der Waals surface area (Å²) in [4.78, 5) is 14.5. The average molecular weight is 325 g/mol. The zero-order valence-corrected chi connectivity index (χ0v) is 13.3. The molecule has 0 aliphatic carbocycles. The fourth-order valence-electron chi connectivity index (χ4n) is 2.88. The van der Waals surface area contributed by atoms with E-state index in [9.17, 15) is 4.79 Å². The summed E-state index contributed by atoms with van der Waals surface area (Å²) in [5.74, 6) is 1.22. The molecular weight excluding hydrogens is 304 g/mol. The highest BCUT2D eigenvalue weighted by Crippen LogP contribution is 2.24. The molecule has 120 valence electrons. The Bertz CT molecular complexity index is 611. The first-order valence-corrected chi connectivity index (χ1v) is 7.29. The molecule has 6 nitrogen and oxygen atoms in total. The first kappa shape index (κ1) is 16.6. The number of aromatic nitrogens is 2. The van der Waals surface area contributed by atoms with E-state index in [2.05, 4.69) is 17.1 Å². The molecular formula is C15H21ClN4O2. The lowest BCUT2D eigenvalue weighted by Crippen LogP contribution is -2.49. The van der Waals surface area contributed by atoms with Gasteiger partial charge in [0.1, 0.15) is 5.69 Å². The predicted octanol–water partition coefficient (Wildman–Crippen LogP) is 2.29. The second kappa shape index (κ2) is 6.98.